The third kappa shape index (κ3) is 4.40. The van der Waals surface area contributed by atoms with Crippen LogP contribution < -0.4 is 10.2 Å². The number of benzene rings is 1. The van der Waals surface area contributed by atoms with Crippen LogP contribution in [0.2, 0.25) is 0 Å². The van der Waals surface area contributed by atoms with Gasteiger partial charge in [0, 0.05) is 36.7 Å². The summed E-state index contributed by atoms with van der Waals surface area (Å²) >= 11 is 0. The summed E-state index contributed by atoms with van der Waals surface area (Å²) in [7, 11) is 0. The molecular weight excluding hydrogens is 371 g/mol. The van der Waals surface area contributed by atoms with Crippen LogP contribution in [-0.4, -0.2) is 39.6 Å². The topological polar surface area (TPSA) is 69.9 Å². The maximum atomic E-state index is 14.0. The fourth-order valence-electron chi connectivity index (χ4n) is 3.87. The molecule has 3 aromatic rings. The number of amides is 1. The number of halogens is 1. The van der Waals surface area contributed by atoms with Crippen molar-refractivity contribution in [3.63, 3.8) is 0 Å². The SMILES string of the molecule is CC(NC(=O)Cc1cn2ccccc2n1)c1cc(F)ccc1N1CCC(O)CC1. The third-order valence-corrected chi connectivity index (χ3v) is 5.39. The third-order valence-electron chi connectivity index (χ3n) is 5.39. The van der Waals surface area contributed by atoms with Crippen LogP contribution >= 0.6 is 0 Å². The zero-order valence-electron chi connectivity index (χ0n) is 16.4. The van der Waals surface area contributed by atoms with Crippen LogP contribution in [0.3, 0.4) is 0 Å². The molecule has 1 fully saturated rings. The zero-order chi connectivity index (χ0) is 20.4. The molecule has 1 aromatic carbocycles. The number of nitrogens with zero attached hydrogens (tertiary/aromatic N) is 3. The minimum atomic E-state index is -0.350. The van der Waals surface area contributed by atoms with Gasteiger partial charge in [0.15, 0.2) is 0 Å². The van der Waals surface area contributed by atoms with Crippen molar-refractivity contribution >= 4 is 17.2 Å². The fraction of sp³-hybridized carbons (Fsp3) is 0.364. The van der Waals surface area contributed by atoms with Crippen LogP contribution in [0, 0.1) is 5.82 Å². The first kappa shape index (κ1) is 19.4. The van der Waals surface area contributed by atoms with Crippen LogP contribution in [-0.2, 0) is 11.2 Å². The minimum Gasteiger partial charge on any atom is -0.393 e. The summed E-state index contributed by atoms with van der Waals surface area (Å²) < 4.78 is 15.8. The number of pyridine rings is 1. The molecule has 1 unspecified atom stereocenters. The number of aliphatic hydroxyl groups is 1. The number of aliphatic hydroxyl groups excluding tert-OH is 1. The quantitative estimate of drug-likeness (QED) is 0.696. The van der Waals surface area contributed by atoms with Crippen molar-refractivity contribution in [3.05, 3.63) is 65.9 Å². The van der Waals surface area contributed by atoms with Crippen molar-refractivity contribution in [2.45, 2.75) is 38.3 Å². The van der Waals surface area contributed by atoms with E-state index in [4.69, 9.17) is 0 Å². The standard InChI is InChI=1S/C22H25FN4O2/c1-15(24-22(29)13-17-14-27-9-3-2-4-21(27)25-17)19-12-16(23)5-6-20(19)26-10-7-18(28)8-11-26/h2-6,9,12,14-15,18,28H,7-8,10-11,13H2,1H3,(H,24,29). The smallest absolute Gasteiger partial charge is 0.226 e. The van der Waals surface area contributed by atoms with Gasteiger partial charge in [0.2, 0.25) is 5.91 Å². The van der Waals surface area contributed by atoms with Crippen LogP contribution in [0.1, 0.15) is 37.1 Å². The molecule has 7 heteroatoms. The summed E-state index contributed by atoms with van der Waals surface area (Å²) in [5, 5.41) is 12.7. The van der Waals surface area contributed by atoms with Crippen molar-refractivity contribution in [1.29, 1.82) is 0 Å². The molecule has 1 aliphatic rings. The van der Waals surface area contributed by atoms with Crippen LogP contribution in [0.5, 0.6) is 0 Å². The Hall–Kier alpha value is -2.93. The van der Waals surface area contributed by atoms with E-state index in [0.717, 1.165) is 16.9 Å². The summed E-state index contributed by atoms with van der Waals surface area (Å²) in [6.45, 7) is 3.28. The van der Waals surface area contributed by atoms with E-state index in [1.165, 1.54) is 12.1 Å². The van der Waals surface area contributed by atoms with Crippen LogP contribution in [0.4, 0.5) is 10.1 Å². The van der Waals surface area contributed by atoms with Crippen molar-refractivity contribution in [2.24, 2.45) is 0 Å². The second-order valence-electron chi connectivity index (χ2n) is 7.59. The monoisotopic (exact) mass is 396 g/mol. The lowest BCUT2D eigenvalue weighted by Crippen LogP contribution is -2.37. The number of nitrogens with one attached hydrogen (secondary N) is 1. The first-order chi connectivity index (χ1) is 14.0. The number of rotatable bonds is 5. The average molecular weight is 396 g/mol. The molecule has 0 radical (unpaired) electrons. The molecule has 6 nitrogen and oxygen atoms in total. The number of aromatic nitrogens is 2. The van der Waals surface area contributed by atoms with Crippen molar-refractivity contribution in [3.8, 4) is 0 Å². The Kier molecular flexibility index (Phi) is 5.49. The predicted octanol–water partition coefficient (Wildman–Crippen LogP) is 2.85. The normalized spacial score (nSPS) is 16.2. The molecule has 1 amide bonds. The highest BCUT2D eigenvalue weighted by Gasteiger charge is 2.22. The number of piperidine rings is 1. The van der Waals surface area contributed by atoms with E-state index in [9.17, 15) is 14.3 Å². The molecule has 152 valence electrons. The van der Waals surface area contributed by atoms with Gasteiger partial charge in [-0.2, -0.15) is 0 Å². The molecular formula is C22H25FN4O2. The van der Waals surface area contributed by atoms with E-state index >= 15 is 0 Å². The van der Waals surface area contributed by atoms with Crippen LogP contribution in [0.25, 0.3) is 5.65 Å². The van der Waals surface area contributed by atoms with E-state index in [1.807, 2.05) is 41.9 Å². The van der Waals surface area contributed by atoms with Crippen molar-refractivity contribution in [1.82, 2.24) is 14.7 Å². The molecule has 0 spiro atoms. The second-order valence-corrected chi connectivity index (χ2v) is 7.59. The molecule has 1 atom stereocenters. The predicted molar refractivity (Wildman–Crippen MR) is 109 cm³/mol. The summed E-state index contributed by atoms with van der Waals surface area (Å²) in [4.78, 5) is 19.2. The highest BCUT2D eigenvalue weighted by molar-refractivity contribution is 5.79. The summed E-state index contributed by atoms with van der Waals surface area (Å²) in [5.74, 6) is -0.493. The number of fused-ring (bicyclic) bond motifs is 1. The largest absolute Gasteiger partial charge is 0.393 e. The Morgan fingerprint density at radius 3 is 2.86 bits per heavy atom. The lowest BCUT2D eigenvalue weighted by atomic mass is 10.0. The van der Waals surface area contributed by atoms with Gasteiger partial charge >= 0.3 is 0 Å². The van der Waals surface area contributed by atoms with Gasteiger partial charge in [-0.1, -0.05) is 6.07 Å². The molecule has 4 rings (SSSR count). The van der Waals surface area contributed by atoms with Gasteiger partial charge in [-0.05, 0) is 50.1 Å². The lowest BCUT2D eigenvalue weighted by molar-refractivity contribution is -0.121. The Balaban J connectivity index is 1.47. The number of imidazole rings is 1. The Morgan fingerprint density at radius 2 is 2.10 bits per heavy atom. The number of carbonyl (C=O) groups excluding carboxylic acids is 1. The van der Waals surface area contributed by atoms with Gasteiger partial charge in [-0.25, -0.2) is 9.37 Å². The molecule has 2 N–H and O–H groups in total. The maximum Gasteiger partial charge on any atom is 0.226 e. The Labute approximate surface area is 169 Å². The average Bonchev–Trinajstić information content (AvgIpc) is 3.10. The van der Waals surface area contributed by atoms with E-state index in [2.05, 4.69) is 15.2 Å². The minimum absolute atomic E-state index is 0.159. The summed E-state index contributed by atoms with van der Waals surface area (Å²) in [6.07, 6.45) is 4.98. The van der Waals surface area contributed by atoms with E-state index in [0.29, 0.717) is 31.6 Å². The second kappa shape index (κ2) is 8.21. The fourth-order valence-corrected chi connectivity index (χ4v) is 3.87. The summed E-state index contributed by atoms with van der Waals surface area (Å²) in [6, 6.07) is 10.0. The molecule has 0 aliphatic carbocycles. The molecule has 1 aliphatic heterocycles. The molecule has 0 bridgehead atoms. The van der Waals surface area contributed by atoms with Gasteiger partial charge in [0.05, 0.1) is 24.3 Å². The molecule has 29 heavy (non-hydrogen) atoms. The Morgan fingerprint density at radius 1 is 1.31 bits per heavy atom. The zero-order valence-corrected chi connectivity index (χ0v) is 16.4. The van der Waals surface area contributed by atoms with E-state index < -0.39 is 0 Å². The number of hydrogen-bond acceptors (Lipinski definition) is 4. The lowest BCUT2D eigenvalue weighted by Gasteiger charge is -2.34. The van der Waals surface area contributed by atoms with E-state index in [1.54, 1.807) is 6.07 Å². The summed E-state index contributed by atoms with van der Waals surface area (Å²) in [5.41, 5.74) is 3.12. The highest BCUT2D eigenvalue weighted by Crippen LogP contribution is 2.29. The van der Waals surface area contributed by atoms with Gasteiger partial charge in [0.25, 0.3) is 0 Å². The number of hydrogen-bond donors (Lipinski definition) is 2. The number of anilines is 1. The Bertz CT molecular complexity index is 978. The molecule has 3 heterocycles. The first-order valence-corrected chi connectivity index (χ1v) is 9.94. The van der Waals surface area contributed by atoms with Gasteiger partial charge in [-0.3, -0.25) is 4.79 Å². The van der Waals surface area contributed by atoms with E-state index in [-0.39, 0.29) is 30.3 Å². The van der Waals surface area contributed by atoms with Crippen LogP contribution in [0.15, 0.2) is 48.8 Å². The van der Waals surface area contributed by atoms with Crippen molar-refractivity contribution < 1.29 is 14.3 Å². The first-order valence-electron chi connectivity index (χ1n) is 9.94. The number of carbonyl (C=O) groups is 1. The van der Waals surface area contributed by atoms with Gasteiger partial charge in [0.1, 0.15) is 11.5 Å². The highest BCUT2D eigenvalue weighted by atomic mass is 19.1. The van der Waals surface area contributed by atoms with Gasteiger partial charge < -0.3 is 19.7 Å². The molecule has 1 saturated heterocycles. The molecule has 0 saturated carbocycles. The maximum absolute atomic E-state index is 14.0. The van der Waals surface area contributed by atoms with Gasteiger partial charge in [-0.15, -0.1) is 0 Å². The van der Waals surface area contributed by atoms with Crippen molar-refractivity contribution in [2.75, 3.05) is 18.0 Å². The molecule has 2 aromatic heterocycles.